The Labute approximate surface area is 173 Å². The molecule has 1 aromatic heterocycles. The number of hydrogen-bond donors (Lipinski definition) is 1. The number of nitrogen functional groups attached to an aromatic ring is 1. The third-order valence-corrected chi connectivity index (χ3v) is 4.85. The predicted molar refractivity (Wildman–Crippen MR) is 115 cm³/mol. The fourth-order valence-electron chi connectivity index (χ4n) is 3.34. The fourth-order valence-corrected chi connectivity index (χ4v) is 3.34. The second kappa shape index (κ2) is 7.71. The first-order chi connectivity index (χ1) is 14.5. The van der Waals surface area contributed by atoms with E-state index in [1.54, 1.807) is 38.5 Å². The number of amides is 1. The first-order valence-corrected chi connectivity index (χ1v) is 9.16. The number of nitrogens with zero attached hydrogens (tertiary/aromatic N) is 2. The number of benzene rings is 3. The Kier molecular flexibility index (Phi) is 4.93. The zero-order valence-electron chi connectivity index (χ0n) is 16.5. The Balaban J connectivity index is 1.87. The number of carbonyl (C=O) groups excluding carboxylic acids is 1. The van der Waals surface area contributed by atoms with Crippen molar-refractivity contribution in [2.75, 3.05) is 20.0 Å². The molecular formula is C23H19N4O3. The van der Waals surface area contributed by atoms with Gasteiger partial charge < -0.3 is 15.2 Å². The van der Waals surface area contributed by atoms with Crippen molar-refractivity contribution in [1.82, 2.24) is 15.7 Å². The van der Waals surface area contributed by atoms with Crippen LogP contribution in [0.5, 0.6) is 11.5 Å². The standard InChI is InChI=1S/C23H19N4O3/c1-29-19-10-8-16(12-20(19)30-2)15-7-9-18-17(11-15)21(27-23(25)26-18)13-3-5-14(6-4-13)22(24)28/h3-12,24H,1-2H3,(H2,25,26,27). The number of nitrogens with one attached hydrogen (secondary N) is 1. The number of carbonyl (C=O) groups is 1. The average molecular weight is 399 g/mol. The van der Waals surface area contributed by atoms with Gasteiger partial charge in [0.15, 0.2) is 11.5 Å². The van der Waals surface area contributed by atoms with Gasteiger partial charge in [-0.1, -0.05) is 24.3 Å². The van der Waals surface area contributed by atoms with E-state index in [-0.39, 0.29) is 5.95 Å². The molecule has 7 nitrogen and oxygen atoms in total. The number of aromatic nitrogens is 2. The summed E-state index contributed by atoms with van der Waals surface area (Å²) in [5, 5.41) is 0.821. The molecule has 149 valence electrons. The minimum absolute atomic E-state index is 0.164. The van der Waals surface area contributed by atoms with Crippen LogP contribution in [-0.2, 0) is 0 Å². The number of ether oxygens (including phenoxy) is 2. The SMILES string of the molecule is COc1ccc(-c2ccc3nc(N)nc(-c4ccc(C([NH])=O)cc4)c3c2)cc1OC. The van der Waals surface area contributed by atoms with Gasteiger partial charge in [0, 0.05) is 16.5 Å². The van der Waals surface area contributed by atoms with E-state index >= 15 is 0 Å². The molecular weight excluding hydrogens is 380 g/mol. The monoisotopic (exact) mass is 399 g/mol. The Bertz CT molecular complexity index is 1250. The Morgan fingerprint density at radius 2 is 1.47 bits per heavy atom. The summed E-state index contributed by atoms with van der Waals surface area (Å²) in [7, 11) is 3.20. The van der Waals surface area contributed by atoms with Gasteiger partial charge in [0.25, 0.3) is 5.91 Å². The molecule has 1 radical (unpaired) electrons. The second-order valence-corrected chi connectivity index (χ2v) is 6.64. The molecule has 1 amide bonds. The van der Waals surface area contributed by atoms with Crippen molar-refractivity contribution in [3.63, 3.8) is 0 Å². The lowest BCUT2D eigenvalue weighted by molar-refractivity contribution is 0.0992. The first kappa shape index (κ1) is 19.2. The fraction of sp³-hybridized carbons (Fsp3) is 0.0870. The van der Waals surface area contributed by atoms with Crippen LogP contribution in [0.3, 0.4) is 0 Å². The lowest BCUT2D eigenvalue weighted by atomic mass is 9.99. The molecule has 0 aliphatic rings. The van der Waals surface area contributed by atoms with Crippen molar-refractivity contribution in [1.29, 1.82) is 0 Å². The molecule has 0 unspecified atom stereocenters. The molecule has 0 aliphatic carbocycles. The van der Waals surface area contributed by atoms with Crippen molar-refractivity contribution < 1.29 is 14.3 Å². The molecule has 3 N–H and O–H groups in total. The predicted octanol–water partition coefficient (Wildman–Crippen LogP) is 3.99. The van der Waals surface area contributed by atoms with Crippen molar-refractivity contribution >= 4 is 22.8 Å². The van der Waals surface area contributed by atoms with Crippen LogP contribution in [0.15, 0.2) is 60.7 Å². The van der Waals surface area contributed by atoms with Crippen LogP contribution in [0.25, 0.3) is 33.3 Å². The van der Waals surface area contributed by atoms with Gasteiger partial charge in [-0.15, -0.1) is 0 Å². The Morgan fingerprint density at radius 3 is 2.13 bits per heavy atom. The van der Waals surface area contributed by atoms with Gasteiger partial charge >= 0.3 is 0 Å². The van der Waals surface area contributed by atoms with Crippen molar-refractivity contribution in [3.8, 4) is 33.9 Å². The zero-order valence-corrected chi connectivity index (χ0v) is 16.5. The number of anilines is 1. The lowest BCUT2D eigenvalue weighted by Crippen LogP contribution is -2.00. The number of methoxy groups -OCH3 is 2. The molecule has 7 heteroatoms. The van der Waals surface area contributed by atoms with Crippen molar-refractivity contribution in [2.24, 2.45) is 0 Å². The van der Waals surface area contributed by atoms with Gasteiger partial charge in [0.2, 0.25) is 5.95 Å². The van der Waals surface area contributed by atoms with Crippen molar-refractivity contribution in [3.05, 3.63) is 66.2 Å². The van der Waals surface area contributed by atoms with Gasteiger partial charge in [0.1, 0.15) is 0 Å². The van der Waals surface area contributed by atoms with Crippen LogP contribution in [-0.4, -0.2) is 30.1 Å². The summed E-state index contributed by atoms with van der Waals surface area (Å²) in [6.07, 6.45) is 0. The summed E-state index contributed by atoms with van der Waals surface area (Å²) in [6.45, 7) is 0. The van der Waals surface area contributed by atoms with Gasteiger partial charge in [-0.25, -0.2) is 9.97 Å². The number of fused-ring (bicyclic) bond motifs is 1. The van der Waals surface area contributed by atoms with E-state index in [2.05, 4.69) is 9.97 Å². The highest BCUT2D eigenvalue weighted by Gasteiger charge is 2.12. The van der Waals surface area contributed by atoms with Crippen LogP contribution in [0.4, 0.5) is 5.95 Å². The van der Waals surface area contributed by atoms with E-state index in [9.17, 15) is 4.79 Å². The smallest absolute Gasteiger partial charge is 0.269 e. The molecule has 4 aromatic rings. The molecule has 0 bridgehead atoms. The Morgan fingerprint density at radius 1 is 0.833 bits per heavy atom. The average Bonchev–Trinajstić information content (AvgIpc) is 2.77. The van der Waals surface area contributed by atoms with E-state index in [0.29, 0.717) is 28.3 Å². The maximum Gasteiger partial charge on any atom is 0.269 e. The highest BCUT2D eigenvalue weighted by Crippen LogP contribution is 2.35. The largest absolute Gasteiger partial charge is 0.493 e. The van der Waals surface area contributed by atoms with Gasteiger partial charge in [-0.3, -0.25) is 10.5 Å². The van der Waals surface area contributed by atoms with E-state index in [1.807, 2.05) is 36.4 Å². The summed E-state index contributed by atoms with van der Waals surface area (Å²) >= 11 is 0. The third kappa shape index (κ3) is 3.48. The van der Waals surface area contributed by atoms with Crippen LogP contribution >= 0.6 is 0 Å². The van der Waals surface area contributed by atoms with Gasteiger partial charge in [-0.05, 0) is 47.5 Å². The topological polar surface area (TPSA) is 111 Å². The summed E-state index contributed by atoms with van der Waals surface area (Å²) in [6, 6.07) is 18.3. The summed E-state index contributed by atoms with van der Waals surface area (Å²) in [4.78, 5) is 20.0. The molecule has 0 spiro atoms. The molecule has 0 aliphatic heterocycles. The molecule has 0 fully saturated rings. The summed E-state index contributed by atoms with van der Waals surface area (Å²) in [5.41, 5.74) is 17.5. The molecule has 0 saturated carbocycles. The lowest BCUT2D eigenvalue weighted by Gasteiger charge is -2.12. The maximum absolute atomic E-state index is 11.3. The van der Waals surface area contributed by atoms with Crippen molar-refractivity contribution in [2.45, 2.75) is 0 Å². The molecule has 0 saturated heterocycles. The van der Waals surface area contributed by atoms with Gasteiger partial charge in [0.05, 0.1) is 25.4 Å². The van der Waals surface area contributed by atoms with Gasteiger partial charge in [-0.2, -0.15) is 0 Å². The first-order valence-electron chi connectivity index (χ1n) is 9.16. The highest BCUT2D eigenvalue weighted by molar-refractivity contribution is 5.97. The molecule has 30 heavy (non-hydrogen) atoms. The third-order valence-electron chi connectivity index (χ3n) is 4.85. The molecule has 3 aromatic carbocycles. The van der Waals surface area contributed by atoms with E-state index in [1.165, 1.54) is 0 Å². The normalized spacial score (nSPS) is 10.7. The maximum atomic E-state index is 11.3. The summed E-state index contributed by atoms with van der Waals surface area (Å²) < 4.78 is 10.7. The number of hydrogen-bond acceptors (Lipinski definition) is 6. The van der Waals surface area contributed by atoms with E-state index in [0.717, 1.165) is 22.1 Å². The van der Waals surface area contributed by atoms with Crippen LogP contribution in [0, 0.1) is 0 Å². The van der Waals surface area contributed by atoms with Crippen LogP contribution in [0.1, 0.15) is 10.4 Å². The number of nitrogens with two attached hydrogens (primary N) is 1. The quantitative estimate of drug-likeness (QED) is 0.543. The Hall–Kier alpha value is -4.13. The van der Waals surface area contributed by atoms with E-state index in [4.69, 9.17) is 20.9 Å². The summed E-state index contributed by atoms with van der Waals surface area (Å²) in [5.74, 6) is 0.726. The van der Waals surface area contributed by atoms with Crippen LogP contribution < -0.4 is 20.9 Å². The minimum Gasteiger partial charge on any atom is -0.493 e. The minimum atomic E-state index is -0.732. The zero-order chi connectivity index (χ0) is 21.3. The molecule has 1 heterocycles. The van der Waals surface area contributed by atoms with Crippen LogP contribution in [0.2, 0.25) is 0 Å². The second-order valence-electron chi connectivity index (χ2n) is 6.64. The van der Waals surface area contributed by atoms with E-state index < -0.39 is 5.91 Å². The molecule has 4 rings (SSSR count). The number of rotatable bonds is 5. The molecule has 0 atom stereocenters. The highest BCUT2D eigenvalue weighted by atomic mass is 16.5.